The first-order valence-electron chi connectivity index (χ1n) is 14.3. The van der Waals surface area contributed by atoms with Crippen LogP contribution in [-0.4, -0.2) is 87.9 Å². The van der Waals surface area contributed by atoms with Crippen molar-refractivity contribution >= 4 is 29.4 Å². The summed E-state index contributed by atoms with van der Waals surface area (Å²) in [7, 11) is 0. The Labute approximate surface area is 255 Å². The number of carbonyl (C=O) groups is 3. The van der Waals surface area contributed by atoms with Crippen LogP contribution in [0.25, 0.3) is 11.3 Å². The summed E-state index contributed by atoms with van der Waals surface area (Å²) in [5.41, 5.74) is 1.52. The molecule has 4 amide bonds. The van der Waals surface area contributed by atoms with E-state index in [1.54, 1.807) is 38.9 Å². The van der Waals surface area contributed by atoms with Gasteiger partial charge in [0.2, 0.25) is 0 Å². The maximum Gasteiger partial charge on any atom is 0.331 e. The lowest BCUT2D eigenvalue weighted by molar-refractivity contribution is -0.131. The standard InChI is InChI=1S/C31H35ClFN7O3/c1-31(2,3)40-27(21-8-10-22(33)11-9-21)25(20-35-40)28(41)36-23-6-4-7-24(26(32)13-12-23)29(42)37-16-18-38(19-17-37)39-15-5-14-34-30(39)43/h8-13,20,23H,5,7,14-19H2,1-3H3,(H,34,43)(H,36,41)/b13-12-,26-24-. The van der Waals surface area contributed by atoms with Gasteiger partial charge in [-0.25, -0.2) is 14.2 Å². The monoisotopic (exact) mass is 607 g/mol. The second kappa shape index (κ2) is 12.6. The number of hydrazine groups is 1. The second-order valence-corrected chi connectivity index (χ2v) is 12.0. The van der Waals surface area contributed by atoms with Crippen molar-refractivity contribution in [3.05, 3.63) is 64.6 Å². The van der Waals surface area contributed by atoms with Crippen LogP contribution in [-0.2, 0) is 10.3 Å². The summed E-state index contributed by atoms with van der Waals surface area (Å²) < 4.78 is 15.4. The van der Waals surface area contributed by atoms with Crippen molar-refractivity contribution in [2.75, 3.05) is 39.3 Å². The summed E-state index contributed by atoms with van der Waals surface area (Å²) in [6, 6.07) is 5.17. The van der Waals surface area contributed by atoms with Crippen molar-refractivity contribution in [2.24, 2.45) is 0 Å². The molecule has 43 heavy (non-hydrogen) atoms. The molecule has 1 aromatic carbocycles. The molecule has 0 saturated carbocycles. The minimum absolute atomic E-state index is 0.103. The molecule has 0 radical (unpaired) electrons. The van der Waals surface area contributed by atoms with Gasteiger partial charge in [-0.15, -0.1) is 0 Å². The first-order chi connectivity index (χ1) is 20.5. The van der Waals surface area contributed by atoms with Crippen LogP contribution >= 0.6 is 11.6 Å². The molecule has 3 aliphatic rings. The number of hydrogen-bond donors (Lipinski definition) is 2. The lowest BCUT2D eigenvalue weighted by Gasteiger charge is -2.42. The van der Waals surface area contributed by atoms with E-state index >= 15 is 0 Å². The smallest absolute Gasteiger partial charge is 0.331 e. The third kappa shape index (κ3) is 6.76. The molecule has 1 atom stereocenters. The molecular weight excluding hydrogens is 573 g/mol. The maximum atomic E-state index is 13.6. The van der Waals surface area contributed by atoms with Crippen molar-refractivity contribution in [3.63, 3.8) is 0 Å². The Bertz CT molecular complexity index is 1520. The average Bonchev–Trinajstić information content (AvgIpc) is 3.44. The number of carbonyl (C=O) groups excluding carboxylic acids is 3. The van der Waals surface area contributed by atoms with Gasteiger partial charge in [0.1, 0.15) is 11.9 Å². The number of benzene rings is 1. The van der Waals surface area contributed by atoms with E-state index in [0.29, 0.717) is 61.7 Å². The van der Waals surface area contributed by atoms with E-state index < -0.39 is 17.5 Å². The van der Waals surface area contributed by atoms with Gasteiger partial charge < -0.3 is 15.5 Å². The van der Waals surface area contributed by atoms with E-state index in [0.717, 1.165) is 6.42 Å². The van der Waals surface area contributed by atoms with Gasteiger partial charge in [-0.1, -0.05) is 23.4 Å². The van der Waals surface area contributed by atoms with Gasteiger partial charge in [-0.2, -0.15) is 5.10 Å². The number of halogens is 2. The Hall–Kier alpha value is -4.14. The minimum Gasteiger partial charge on any atom is -0.337 e. The summed E-state index contributed by atoms with van der Waals surface area (Å²) in [5.74, 6) is 5.07. The van der Waals surface area contributed by atoms with Gasteiger partial charge in [0.15, 0.2) is 0 Å². The van der Waals surface area contributed by atoms with Crippen molar-refractivity contribution in [1.29, 1.82) is 0 Å². The van der Waals surface area contributed by atoms with Crippen LogP contribution < -0.4 is 10.6 Å². The largest absolute Gasteiger partial charge is 0.337 e. The number of hydrogen-bond acceptors (Lipinski definition) is 5. The molecule has 1 unspecified atom stereocenters. The third-order valence-corrected chi connectivity index (χ3v) is 7.85. The van der Waals surface area contributed by atoms with Crippen molar-refractivity contribution < 1.29 is 18.8 Å². The SMILES string of the molecule is CC(C)(C)n1ncc(C(=O)NC2C#CC/C(C(=O)N3CCN(N4CCCNC4=O)CC3)=C(Cl)\C=C/2)c1-c1ccc(F)cc1. The summed E-state index contributed by atoms with van der Waals surface area (Å²) >= 11 is 6.58. The van der Waals surface area contributed by atoms with Gasteiger partial charge >= 0.3 is 6.03 Å². The molecule has 5 rings (SSSR count). The molecule has 0 bridgehead atoms. The number of nitrogens with one attached hydrogen (secondary N) is 2. The summed E-state index contributed by atoms with van der Waals surface area (Å²) in [4.78, 5) is 40.7. The fourth-order valence-electron chi connectivity index (χ4n) is 5.27. The number of allylic oxidation sites excluding steroid dienone is 2. The van der Waals surface area contributed by atoms with E-state index in [1.165, 1.54) is 18.3 Å². The zero-order valence-corrected chi connectivity index (χ0v) is 25.2. The molecule has 12 heteroatoms. The van der Waals surface area contributed by atoms with Crippen LogP contribution in [0.2, 0.25) is 0 Å². The highest BCUT2D eigenvalue weighted by Crippen LogP contribution is 2.29. The number of aromatic nitrogens is 2. The molecule has 2 N–H and O–H groups in total. The van der Waals surface area contributed by atoms with Gasteiger partial charge in [-0.05, 0) is 63.6 Å². The molecule has 2 fully saturated rings. The zero-order chi connectivity index (χ0) is 30.7. The topological polar surface area (TPSA) is 103 Å². The predicted octanol–water partition coefficient (Wildman–Crippen LogP) is 3.47. The van der Waals surface area contributed by atoms with Crippen LogP contribution in [0.4, 0.5) is 9.18 Å². The lowest BCUT2D eigenvalue weighted by Crippen LogP contribution is -2.60. The normalized spacial score (nSPS) is 22.2. The molecule has 2 aliphatic heterocycles. The summed E-state index contributed by atoms with van der Waals surface area (Å²) in [6.07, 6.45) is 5.77. The minimum atomic E-state index is -0.656. The Balaban J connectivity index is 1.27. The molecule has 2 saturated heterocycles. The molecule has 1 aliphatic carbocycles. The van der Waals surface area contributed by atoms with E-state index in [9.17, 15) is 18.8 Å². The number of urea groups is 1. The molecule has 2 aromatic rings. The van der Waals surface area contributed by atoms with Crippen molar-refractivity contribution in [2.45, 2.75) is 45.2 Å². The van der Waals surface area contributed by atoms with Crippen LogP contribution in [0, 0.1) is 17.7 Å². The van der Waals surface area contributed by atoms with Crippen LogP contribution in [0.15, 0.2) is 53.2 Å². The lowest BCUT2D eigenvalue weighted by atomic mass is 10.0. The Morgan fingerprint density at radius 2 is 1.84 bits per heavy atom. The zero-order valence-electron chi connectivity index (χ0n) is 24.5. The van der Waals surface area contributed by atoms with Gasteiger partial charge in [0.25, 0.3) is 11.8 Å². The third-order valence-electron chi connectivity index (χ3n) is 7.50. The fraction of sp³-hybridized carbons (Fsp3) is 0.419. The van der Waals surface area contributed by atoms with Crippen molar-refractivity contribution in [3.8, 4) is 23.1 Å². The van der Waals surface area contributed by atoms with E-state index in [1.807, 2.05) is 25.8 Å². The number of piperazine rings is 1. The highest BCUT2D eigenvalue weighted by atomic mass is 35.5. The first-order valence-corrected chi connectivity index (χ1v) is 14.7. The molecule has 3 heterocycles. The second-order valence-electron chi connectivity index (χ2n) is 11.6. The Morgan fingerprint density at radius 1 is 1.12 bits per heavy atom. The van der Waals surface area contributed by atoms with Gasteiger partial charge in [0, 0.05) is 56.8 Å². The fourth-order valence-corrected chi connectivity index (χ4v) is 5.49. The highest BCUT2D eigenvalue weighted by Gasteiger charge is 2.31. The van der Waals surface area contributed by atoms with E-state index in [4.69, 9.17) is 11.6 Å². The molecular formula is C31H35ClFN7O3. The Kier molecular flexibility index (Phi) is 8.89. The summed E-state index contributed by atoms with van der Waals surface area (Å²) in [6.45, 7) is 9.28. The quantitative estimate of drug-likeness (QED) is 0.507. The predicted molar refractivity (Wildman–Crippen MR) is 161 cm³/mol. The number of amides is 4. The van der Waals surface area contributed by atoms with Gasteiger partial charge in [-0.3, -0.25) is 19.3 Å². The number of nitrogens with zero attached hydrogens (tertiary/aromatic N) is 5. The van der Waals surface area contributed by atoms with Crippen LogP contribution in [0.5, 0.6) is 0 Å². The van der Waals surface area contributed by atoms with E-state index in [2.05, 4.69) is 27.6 Å². The summed E-state index contributed by atoms with van der Waals surface area (Å²) in [5, 5.41) is 14.2. The van der Waals surface area contributed by atoms with E-state index in [-0.39, 0.29) is 29.2 Å². The molecule has 226 valence electrons. The Morgan fingerprint density at radius 3 is 2.51 bits per heavy atom. The van der Waals surface area contributed by atoms with Crippen molar-refractivity contribution in [1.82, 2.24) is 35.3 Å². The highest BCUT2D eigenvalue weighted by molar-refractivity contribution is 6.33. The van der Waals surface area contributed by atoms with Crippen LogP contribution in [0.1, 0.15) is 44.0 Å². The molecule has 10 nitrogen and oxygen atoms in total. The number of rotatable bonds is 5. The van der Waals surface area contributed by atoms with Gasteiger partial charge in [0.05, 0.1) is 28.0 Å². The van der Waals surface area contributed by atoms with Crippen LogP contribution in [0.3, 0.4) is 0 Å². The first kappa shape index (κ1) is 30.3. The molecule has 0 spiro atoms. The maximum absolute atomic E-state index is 13.6. The molecule has 1 aromatic heterocycles. The average molecular weight is 608 g/mol.